The largest absolute Gasteiger partial charge is 0.482 e. The van der Waals surface area contributed by atoms with E-state index in [1.165, 1.54) is 0 Å². The zero-order valence-corrected chi connectivity index (χ0v) is 19.9. The van der Waals surface area contributed by atoms with Gasteiger partial charge in [-0.3, -0.25) is 4.79 Å². The van der Waals surface area contributed by atoms with Crippen LogP contribution in [-0.2, 0) is 14.3 Å². The van der Waals surface area contributed by atoms with Gasteiger partial charge in [0.1, 0.15) is 5.75 Å². The lowest BCUT2D eigenvalue weighted by molar-refractivity contribution is -0.139. The molecule has 1 aliphatic rings. The number of carboxylic acid groups (broad SMARTS) is 1. The number of aryl methyl sites for hydroxylation is 1. The van der Waals surface area contributed by atoms with Crippen LogP contribution in [-0.4, -0.2) is 40.8 Å². The summed E-state index contributed by atoms with van der Waals surface area (Å²) in [5.41, 5.74) is 1.51. The number of aliphatic hydroxyl groups excluding tert-OH is 1. The van der Waals surface area contributed by atoms with Crippen molar-refractivity contribution >= 4 is 35.1 Å². The molecule has 1 fully saturated rings. The van der Waals surface area contributed by atoms with Gasteiger partial charge in [-0.1, -0.05) is 35.3 Å². The lowest BCUT2D eigenvalue weighted by Gasteiger charge is -2.43. The first-order valence-corrected chi connectivity index (χ1v) is 11.3. The van der Waals surface area contributed by atoms with E-state index in [0.29, 0.717) is 34.2 Å². The van der Waals surface area contributed by atoms with Crippen molar-refractivity contribution in [3.63, 3.8) is 0 Å². The number of benzene rings is 2. The van der Waals surface area contributed by atoms with Gasteiger partial charge in [-0.05, 0) is 49.2 Å². The number of nitrogens with one attached hydrogen (secondary N) is 1. The second kappa shape index (κ2) is 10.7. The molecule has 178 valence electrons. The molecule has 1 amide bonds. The van der Waals surface area contributed by atoms with E-state index in [1.807, 2.05) is 25.1 Å². The van der Waals surface area contributed by atoms with Gasteiger partial charge >= 0.3 is 5.97 Å². The molecular weight excluding hydrogens is 469 g/mol. The Labute approximate surface area is 202 Å². The lowest BCUT2D eigenvalue weighted by Crippen LogP contribution is -2.51. The normalized spacial score (nSPS) is 22.6. The Morgan fingerprint density at radius 1 is 1.21 bits per heavy atom. The van der Waals surface area contributed by atoms with Crippen LogP contribution < -0.4 is 10.1 Å². The molecule has 3 atom stereocenters. The number of carbonyl (C=O) groups is 2. The molecule has 1 saturated heterocycles. The maximum absolute atomic E-state index is 12.4. The Bertz CT molecular complexity index is 1030. The number of hydrogen-bond donors (Lipinski definition) is 3. The zero-order chi connectivity index (χ0) is 24.2. The van der Waals surface area contributed by atoms with Gasteiger partial charge in [0.15, 0.2) is 6.61 Å². The molecule has 2 aromatic carbocycles. The number of rotatable bonds is 8. The summed E-state index contributed by atoms with van der Waals surface area (Å²) in [6, 6.07) is 10.7. The van der Waals surface area contributed by atoms with Crippen molar-refractivity contribution in [3.05, 3.63) is 63.1 Å². The van der Waals surface area contributed by atoms with E-state index in [-0.39, 0.29) is 18.9 Å². The Kier molecular flexibility index (Phi) is 8.23. The van der Waals surface area contributed by atoms with Gasteiger partial charge in [-0.25, -0.2) is 4.79 Å². The minimum Gasteiger partial charge on any atom is -0.482 e. The average molecular weight is 496 g/mol. The molecule has 2 aromatic rings. The topological polar surface area (TPSA) is 105 Å². The quantitative estimate of drug-likeness (QED) is 0.493. The predicted molar refractivity (Wildman–Crippen MR) is 125 cm³/mol. The Morgan fingerprint density at radius 3 is 2.61 bits per heavy atom. The highest BCUT2D eigenvalue weighted by molar-refractivity contribution is 6.31. The average Bonchev–Trinajstić information content (AvgIpc) is 2.73. The van der Waals surface area contributed by atoms with Crippen molar-refractivity contribution in [3.8, 4) is 5.75 Å². The van der Waals surface area contributed by atoms with Crippen molar-refractivity contribution in [2.45, 2.75) is 50.9 Å². The molecule has 0 spiro atoms. The van der Waals surface area contributed by atoms with Crippen LogP contribution in [0, 0.1) is 6.92 Å². The third kappa shape index (κ3) is 6.60. The molecule has 0 bridgehead atoms. The second-order valence-electron chi connectivity index (χ2n) is 8.48. The molecule has 7 nitrogen and oxygen atoms in total. The lowest BCUT2D eigenvalue weighted by atomic mass is 9.81. The van der Waals surface area contributed by atoms with Gasteiger partial charge in [0.2, 0.25) is 5.91 Å². The van der Waals surface area contributed by atoms with E-state index in [4.69, 9.17) is 42.9 Å². The Morgan fingerprint density at radius 2 is 1.94 bits per heavy atom. The third-order valence-corrected chi connectivity index (χ3v) is 6.23. The molecule has 9 heteroatoms. The zero-order valence-electron chi connectivity index (χ0n) is 18.4. The Hall–Kier alpha value is -2.32. The maximum atomic E-state index is 12.4. The molecule has 0 aromatic heterocycles. The van der Waals surface area contributed by atoms with E-state index < -0.39 is 30.3 Å². The summed E-state index contributed by atoms with van der Waals surface area (Å²) in [7, 11) is 0. The highest BCUT2D eigenvalue weighted by atomic mass is 35.5. The highest BCUT2D eigenvalue weighted by Gasteiger charge is 2.41. The van der Waals surface area contributed by atoms with Gasteiger partial charge in [0.05, 0.1) is 18.8 Å². The number of amides is 1. The number of halogens is 2. The molecule has 3 N–H and O–H groups in total. The number of aliphatic hydroxyl groups is 1. The summed E-state index contributed by atoms with van der Waals surface area (Å²) in [6.07, 6.45) is -0.0965. The molecule has 0 aliphatic carbocycles. The highest BCUT2D eigenvalue weighted by Crippen LogP contribution is 2.47. The van der Waals surface area contributed by atoms with Crippen molar-refractivity contribution in [2.75, 3.05) is 13.2 Å². The smallest absolute Gasteiger partial charge is 0.341 e. The van der Waals surface area contributed by atoms with Crippen LogP contribution in [0.2, 0.25) is 10.0 Å². The monoisotopic (exact) mass is 495 g/mol. The molecule has 33 heavy (non-hydrogen) atoms. The van der Waals surface area contributed by atoms with E-state index in [0.717, 1.165) is 11.1 Å². The molecular formula is C24H27Cl2NO6. The first-order chi connectivity index (χ1) is 15.6. The van der Waals surface area contributed by atoms with E-state index >= 15 is 0 Å². The van der Waals surface area contributed by atoms with E-state index in [2.05, 4.69) is 5.32 Å². The molecule has 3 rings (SSSR count). The number of hydrogen-bond acceptors (Lipinski definition) is 5. The van der Waals surface area contributed by atoms with E-state index in [1.54, 1.807) is 25.1 Å². The number of ether oxygens (including phenoxy) is 2. The first-order valence-electron chi connectivity index (χ1n) is 10.6. The van der Waals surface area contributed by atoms with Crippen LogP contribution >= 0.6 is 23.2 Å². The molecule has 1 aliphatic heterocycles. The van der Waals surface area contributed by atoms with Gasteiger partial charge < -0.3 is 25.0 Å². The minimum atomic E-state index is -1.10. The summed E-state index contributed by atoms with van der Waals surface area (Å²) in [5.74, 6) is -1.01. The van der Waals surface area contributed by atoms with Gasteiger partial charge in [-0.15, -0.1) is 0 Å². The number of carboxylic acids is 1. The minimum absolute atomic E-state index is 0.00766. The summed E-state index contributed by atoms with van der Waals surface area (Å²) >= 11 is 12.6. The van der Waals surface area contributed by atoms with Crippen molar-refractivity contribution < 1.29 is 29.3 Å². The van der Waals surface area contributed by atoms with Gasteiger partial charge in [0.25, 0.3) is 0 Å². The summed E-state index contributed by atoms with van der Waals surface area (Å²) in [6.45, 7) is 2.96. The van der Waals surface area contributed by atoms with Crippen LogP contribution in [0.3, 0.4) is 0 Å². The van der Waals surface area contributed by atoms with Crippen LogP contribution in [0.25, 0.3) is 0 Å². The SMILES string of the molecule is Cc1cc(OCC(=O)O)c([C@H]2C[C@@](C)(NC(=O)CCO)C[C@@H](c3cccc(Cl)c3)O2)cc1Cl. The number of aliphatic carboxylic acids is 1. The molecule has 1 heterocycles. The molecule has 0 saturated carbocycles. The first kappa shape index (κ1) is 25.3. The van der Waals surface area contributed by atoms with Gasteiger partial charge in [-0.2, -0.15) is 0 Å². The fourth-order valence-electron chi connectivity index (χ4n) is 4.07. The summed E-state index contributed by atoms with van der Waals surface area (Å²) in [5, 5.41) is 22.3. The fraction of sp³-hybridized carbons (Fsp3) is 0.417. The second-order valence-corrected chi connectivity index (χ2v) is 9.32. The molecule has 0 unspecified atom stereocenters. The Balaban J connectivity index is 2.01. The van der Waals surface area contributed by atoms with Crippen LogP contribution in [0.15, 0.2) is 36.4 Å². The van der Waals surface area contributed by atoms with Crippen molar-refractivity contribution in [1.82, 2.24) is 5.32 Å². The van der Waals surface area contributed by atoms with Crippen LogP contribution in [0.5, 0.6) is 5.75 Å². The predicted octanol–water partition coefficient (Wildman–Crippen LogP) is 4.62. The summed E-state index contributed by atoms with van der Waals surface area (Å²) < 4.78 is 12.0. The summed E-state index contributed by atoms with van der Waals surface area (Å²) in [4.78, 5) is 23.5. The molecule has 0 radical (unpaired) electrons. The van der Waals surface area contributed by atoms with Crippen LogP contribution in [0.1, 0.15) is 55.1 Å². The fourth-order valence-corrected chi connectivity index (χ4v) is 4.44. The third-order valence-electron chi connectivity index (χ3n) is 5.59. The van der Waals surface area contributed by atoms with Crippen LogP contribution in [0.4, 0.5) is 0 Å². The standard InChI is InChI=1S/C24H27Cl2NO6/c1-14-8-19(32-13-23(30)31)17(10-18(14)26)21-12-24(2,27-22(29)6-7-28)11-20(33-21)15-4-3-5-16(25)9-15/h3-5,8-10,20-21,28H,6-7,11-13H2,1-2H3,(H,27,29)(H,30,31)/t20-,21+,24-/m0/s1. The number of carbonyl (C=O) groups excluding carboxylic acids is 1. The van der Waals surface area contributed by atoms with E-state index in [9.17, 15) is 9.59 Å². The van der Waals surface area contributed by atoms with Crippen molar-refractivity contribution in [2.24, 2.45) is 0 Å². The van der Waals surface area contributed by atoms with Gasteiger partial charge in [0, 0.05) is 40.4 Å². The maximum Gasteiger partial charge on any atom is 0.341 e. The van der Waals surface area contributed by atoms with Crippen molar-refractivity contribution in [1.29, 1.82) is 0 Å².